The van der Waals surface area contributed by atoms with Gasteiger partial charge >= 0.3 is 0 Å². The molecule has 0 saturated heterocycles. The Morgan fingerprint density at radius 1 is 1.21 bits per heavy atom. The summed E-state index contributed by atoms with van der Waals surface area (Å²) in [6, 6.07) is 10.5. The molecule has 0 spiro atoms. The van der Waals surface area contributed by atoms with Gasteiger partial charge in [-0.3, -0.25) is 14.9 Å². The third kappa shape index (κ3) is 3.96. The zero-order valence-corrected chi connectivity index (χ0v) is 14.0. The number of nitrogens with one attached hydrogen (secondary N) is 1. The second-order valence-corrected chi connectivity index (χ2v) is 7.20. The van der Waals surface area contributed by atoms with Crippen LogP contribution < -0.4 is 5.32 Å². The van der Waals surface area contributed by atoms with Gasteiger partial charge in [0.05, 0.1) is 4.92 Å². The Labute approximate surface area is 139 Å². The molecule has 0 aromatic heterocycles. The van der Waals surface area contributed by atoms with Crippen LogP contribution in [0.15, 0.2) is 47.4 Å². The van der Waals surface area contributed by atoms with Crippen LogP contribution in [-0.2, 0) is 16.3 Å². The van der Waals surface area contributed by atoms with Gasteiger partial charge in [-0.1, -0.05) is 19.1 Å². The van der Waals surface area contributed by atoms with Crippen molar-refractivity contribution in [3.63, 3.8) is 0 Å². The first-order chi connectivity index (χ1) is 11.2. The number of benzene rings is 2. The summed E-state index contributed by atoms with van der Waals surface area (Å²) in [7, 11) is -3.76. The Bertz CT molecular complexity index is 906. The highest BCUT2D eigenvalue weighted by Crippen LogP contribution is 2.25. The lowest BCUT2D eigenvalue weighted by molar-refractivity contribution is -0.387. The number of hydrogen-bond donors (Lipinski definition) is 1. The molecular formula is C16H16N2O5S. The van der Waals surface area contributed by atoms with E-state index < -0.39 is 31.3 Å². The van der Waals surface area contributed by atoms with Crippen molar-refractivity contribution in [2.45, 2.75) is 18.2 Å². The van der Waals surface area contributed by atoms with Gasteiger partial charge < -0.3 is 5.32 Å². The average Bonchev–Trinajstić information content (AvgIpc) is 2.53. The zero-order chi connectivity index (χ0) is 17.9. The van der Waals surface area contributed by atoms with E-state index in [1.54, 1.807) is 18.2 Å². The minimum absolute atomic E-state index is 0.0102. The summed E-state index contributed by atoms with van der Waals surface area (Å²) in [5.41, 5.74) is 0.990. The number of aryl methyl sites for hydroxylation is 1. The van der Waals surface area contributed by atoms with E-state index in [4.69, 9.17) is 0 Å². The third-order valence-electron chi connectivity index (χ3n) is 3.41. The fraction of sp³-hybridized carbons (Fsp3) is 0.188. The Morgan fingerprint density at radius 2 is 1.92 bits per heavy atom. The normalized spacial score (nSPS) is 11.1. The maximum atomic E-state index is 12.3. The molecule has 0 aliphatic carbocycles. The van der Waals surface area contributed by atoms with E-state index in [0.717, 1.165) is 30.4 Å². The summed E-state index contributed by atoms with van der Waals surface area (Å²) in [5, 5.41) is 13.7. The van der Waals surface area contributed by atoms with Crippen molar-refractivity contribution in [3.8, 4) is 0 Å². The first-order valence-corrected chi connectivity index (χ1v) is 9.00. The first kappa shape index (κ1) is 17.6. The van der Waals surface area contributed by atoms with Gasteiger partial charge in [0.15, 0.2) is 9.84 Å². The van der Waals surface area contributed by atoms with Gasteiger partial charge in [0.2, 0.25) is 0 Å². The van der Waals surface area contributed by atoms with Crippen molar-refractivity contribution >= 4 is 27.1 Å². The number of hydrogen-bond acceptors (Lipinski definition) is 5. The molecule has 0 heterocycles. The Morgan fingerprint density at radius 3 is 2.50 bits per heavy atom. The Balaban J connectivity index is 2.36. The molecule has 0 aliphatic heterocycles. The molecule has 0 radical (unpaired) electrons. The van der Waals surface area contributed by atoms with Crippen LogP contribution in [0.2, 0.25) is 0 Å². The minimum Gasteiger partial charge on any atom is -0.322 e. The maximum Gasteiger partial charge on any atom is 0.288 e. The summed E-state index contributed by atoms with van der Waals surface area (Å²) in [5.74, 6) is -0.550. The third-order valence-corrected chi connectivity index (χ3v) is 4.55. The summed E-state index contributed by atoms with van der Waals surface area (Å²) in [6.45, 7) is 1.98. The van der Waals surface area contributed by atoms with E-state index in [1.807, 2.05) is 13.0 Å². The van der Waals surface area contributed by atoms with Crippen molar-refractivity contribution in [2.75, 3.05) is 11.6 Å². The van der Waals surface area contributed by atoms with Crippen LogP contribution in [0.5, 0.6) is 0 Å². The van der Waals surface area contributed by atoms with Crippen molar-refractivity contribution in [1.82, 2.24) is 0 Å². The second kappa shape index (κ2) is 6.79. The predicted octanol–water partition coefficient (Wildman–Crippen LogP) is 2.81. The number of carbonyl (C=O) groups excluding carboxylic acids is 1. The molecule has 0 atom stereocenters. The van der Waals surface area contributed by atoms with Gasteiger partial charge in [0.1, 0.15) is 4.90 Å². The van der Waals surface area contributed by atoms with Crippen molar-refractivity contribution < 1.29 is 18.1 Å². The standard InChI is InChI=1S/C16H16N2O5S/c1-3-11-5-4-6-13(9-11)17-16(19)12-7-8-15(24(2,22)23)14(10-12)18(20)21/h4-10H,3H2,1-2H3,(H,17,19). The highest BCUT2D eigenvalue weighted by Gasteiger charge is 2.24. The van der Waals surface area contributed by atoms with Crippen molar-refractivity contribution in [3.05, 3.63) is 63.7 Å². The second-order valence-electron chi connectivity index (χ2n) is 5.22. The van der Waals surface area contributed by atoms with Crippen molar-refractivity contribution in [1.29, 1.82) is 0 Å². The molecule has 7 nitrogen and oxygen atoms in total. The number of nitrogens with zero attached hydrogens (tertiary/aromatic N) is 1. The quantitative estimate of drug-likeness (QED) is 0.660. The topological polar surface area (TPSA) is 106 Å². The molecule has 24 heavy (non-hydrogen) atoms. The minimum atomic E-state index is -3.76. The molecule has 0 aliphatic rings. The molecule has 0 fully saturated rings. The van der Waals surface area contributed by atoms with Gasteiger partial charge in [0, 0.05) is 23.6 Å². The van der Waals surface area contributed by atoms with Crippen LogP contribution in [0.1, 0.15) is 22.8 Å². The lowest BCUT2D eigenvalue weighted by Gasteiger charge is -2.08. The van der Waals surface area contributed by atoms with E-state index >= 15 is 0 Å². The molecule has 1 amide bonds. The zero-order valence-electron chi connectivity index (χ0n) is 13.1. The number of anilines is 1. The van der Waals surface area contributed by atoms with E-state index in [0.29, 0.717) is 5.69 Å². The van der Waals surface area contributed by atoms with Crippen LogP contribution in [0.4, 0.5) is 11.4 Å². The molecule has 1 N–H and O–H groups in total. The maximum absolute atomic E-state index is 12.3. The Hall–Kier alpha value is -2.74. The molecule has 2 aromatic rings. The van der Waals surface area contributed by atoms with E-state index in [1.165, 1.54) is 6.07 Å². The van der Waals surface area contributed by atoms with Gasteiger partial charge in [-0.05, 0) is 36.2 Å². The molecule has 0 bridgehead atoms. The highest BCUT2D eigenvalue weighted by molar-refractivity contribution is 7.90. The molecule has 2 rings (SSSR count). The first-order valence-electron chi connectivity index (χ1n) is 7.11. The number of carbonyl (C=O) groups is 1. The SMILES string of the molecule is CCc1cccc(NC(=O)c2ccc(S(C)(=O)=O)c([N+](=O)[O-])c2)c1. The van der Waals surface area contributed by atoms with Crippen LogP contribution >= 0.6 is 0 Å². The lowest BCUT2D eigenvalue weighted by Crippen LogP contribution is -2.13. The number of nitro benzene ring substituents is 1. The Kier molecular flexibility index (Phi) is 4.99. The van der Waals surface area contributed by atoms with E-state index in [9.17, 15) is 23.3 Å². The highest BCUT2D eigenvalue weighted by atomic mass is 32.2. The fourth-order valence-electron chi connectivity index (χ4n) is 2.19. The summed E-state index contributed by atoms with van der Waals surface area (Å²) < 4.78 is 23.2. The smallest absolute Gasteiger partial charge is 0.288 e. The molecule has 8 heteroatoms. The fourth-order valence-corrected chi connectivity index (χ4v) is 3.02. The number of amides is 1. The molecule has 0 saturated carbocycles. The van der Waals surface area contributed by atoms with Crippen LogP contribution in [-0.4, -0.2) is 25.5 Å². The summed E-state index contributed by atoms with van der Waals surface area (Å²) in [4.78, 5) is 22.1. The summed E-state index contributed by atoms with van der Waals surface area (Å²) in [6.07, 6.45) is 1.68. The van der Waals surface area contributed by atoms with E-state index in [-0.39, 0.29) is 5.56 Å². The van der Waals surface area contributed by atoms with Crippen LogP contribution in [0.25, 0.3) is 0 Å². The largest absolute Gasteiger partial charge is 0.322 e. The average molecular weight is 348 g/mol. The summed E-state index contributed by atoms with van der Waals surface area (Å²) >= 11 is 0. The van der Waals surface area contributed by atoms with E-state index in [2.05, 4.69) is 5.32 Å². The van der Waals surface area contributed by atoms with Crippen molar-refractivity contribution in [2.24, 2.45) is 0 Å². The molecule has 126 valence electrons. The number of sulfone groups is 1. The number of rotatable bonds is 5. The van der Waals surface area contributed by atoms with Crippen LogP contribution in [0, 0.1) is 10.1 Å². The predicted molar refractivity (Wildman–Crippen MR) is 90.0 cm³/mol. The monoisotopic (exact) mass is 348 g/mol. The van der Waals surface area contributed by atoms with Gasteiger partial charge in [-0.2, -0.15) is 0 Å². The van der Waals surface area contributed by atoms with Crippen LogP contribution in [0.3, 0.4) is 0 Å². The lowest BCUT2D eigenvalue weighted by atomic mass is 10.1. The molecule has 0 unspecified atom stereocenters. The molecule has 2 aromatic carbocycles. The van der Waals surface area contributed by atoms with Gasteiger partial charge in [0.25, 0.3) is 11.6 Å². The van der Waals surface area contributed by atoms with Gasteiger partial charge in [-0.15, -0.1) is 0 Å². The van der Waals surface area contributed by atoms with Gasteiger partial charge in [-0.25, -0.2) is 8.42 Å². The number of nitro groups is 1. The molecular weight excluding hydrogens is 332 g/mol.